The van der Waals surface area contributed by atoms with Crippen molar-refractivity contribution in [2.75, 3.05) is 6.61 Å². The number of nitrogens with zero attached hydrogens (tertiary/aromatic N) is 1. The summed E-state index contributed by atoms with van der Waals surface area (Å²) in [6.07, 6.45) is -3.47. The number of carbonyl (C=O) groups excluding carboxylic acids is 3. The maximum absolute atomic E-state index is 15.0. The van der Waals surface area contributed by atoms with E-state index < -0.39 is 48.6 Å². The molecule has 1 aromatic carbocycles. The standard InChI is InChI=1S/C18H20FNO7/c1-11(21)8-9-20(12(2)22)16-14(23)15(24)18(19,27-16)10-26-17(25)13-6-4-3-5-7-13/h3-9,14-16,23-24H,10H2,1-2H3/b9-8-/t14-,15+,16-,18-/m1/s1. The normalized spacial score (nSPS) is 27.5. The van der Waals surface area contributed by atoms with Crippen molar-refractivity contribution in [3.05, 3.63) is 48.2 Å². The number of alkyl halides is 1. The van der Waals surface area contributed by atoms with Crippen LogP contribution in [0.25, 0.3) is 0 Å². The lowest BCUT2D eigenvalue weighted by atomic mass is 10.1. The largest absolute Gasteiger partial charge is 0.456 e. The molecule has 27 heavy (non-hydrogen) atoms. The average Bonchev–Trinajstić information content (AvgIpc) is 2.85. The number of ketones is 1. The monoisotopic (exact) mass is 381 g/mol. The lowest BCUT2D eigenvalue weighted by Crippen LogP contribution is -2.44. The van der Waals surface area contributed by atoms with Crippen LogP contribution >= 0.6 is 0 Å². The molecule has 1 fully saturated rings. The molecule has 0 saturated carbocycles. The van der Waals surface area contributed by atoms with Crippen LogP contribution in [0.5, 0.6) is 0 Å². The molecule has 4 atom stereocenters. The first-order valence-electron chi connectivity index (χ1n) is 8.08. The number of aliphatic hydroxyl groups excluding tert-OH is 2. The summed E-state index contributed by atoms with van der Waals surface area (Å²) in [6.45, 7) is 1.34. The maximum Gasteiger partial charge on any atom is 0.338 e. The van der Waals surface area contributed by atoms with Gasteiger partial charge in [-0.05, 0) is 25.1 Å². The quantitative estimate of drug-likeness (QED) is 0.546. The number of hydrogen-bond donors (Lipinski definition) is 2. The van der Waals surface area contributed by atoms with E-state index in [0.29, 0.717) is 0 Å². The van der Waals surface area contributed by atoms with Crippen LogP contribution in [0.1, 0.15) is 24.2 Å². The second kappa shape index (κ2) is 8.38. The number of allylic oxidation sites excluding steroid dienone is 1. The summed E-state index contributed by atoms with van der Waals surface area (Å²) in [4.78, 5) is 35.5. The molecule has 1 amide bonds. The van der Waals surface area contributed by atoms with Crippen LogP contribution in [0, 0.1) is 0 Å². The highest BCUT2D eigenvalue weighted by atomic mass is 19.2. The van der Waals surface area contributed by atoms with Crippen LogP contribution in [0.3, 0.4) is 0 Å². The average molecular weight is 381 g/mol. The molecule has 1 aromatic rings. The van der Waals surface area contributed by atoms with E-state index >= 15 is 0 Å². The van der Waals surface area contributed by atoms with Gasteiger partial charge in [0.25, 0.3) is 5.85 Å². The van der Waals surface area contributed by atoms with E-state index in [0.717, 1.165) is 24.1 Å². The number of amides is 1. The van der Waals surface area contributed by atoms with Gasteiger partial charge >= 0.3 is 5.97 Å². The summed E-state index contributed by atoms with van der Waals surface area (Å²) in [5.74, 6) is -4.83. The predicted octanol–water partition coefficient (Wildman–Crippen LogP) is 0.538. The van der Waals surface area contributed by atoms with Crippen molar-refractivity contribution in [2.45, 2.75) is 38.1 Å². The van der Waals surface area contributed by atoms with Gasteiger partial charge in [-0.25, -0.2) is 9.18 Å². The van der Waals surface area contributed by atoms with Gasteiger partial charge in [0.05, 0.1) is 5.56 Å². The van der Waals surface area contributed by atoms with E-state index in [-0.39, 0.29) is 5.56 Å². The molecule has 0 aromatic heterocycles. The Morgan fingerprint density at radius 3 is 2.44 bits per heavy atom. The van der Waals surface area contributed by atoms with Gasteiger partial charge in [0.15, 0.2) is 18.6 Å². The number of ether oxygens (including phenoxy) is 2. The Labute approximate surface area is 154 Å². The van der Waals surface area contributed by atoms with Crippen LogP contribution in [0.2, 0.25) is 0 Å². The smallest absolute Gasteiger partial charge is 0.338 e. The number of rotatable bonds is 6. The van der Waals surface area contributed by atoms with Crippen LogP contribution in [0.15, 0.2) is 42.6 Å². The van der Waals surface area contributed by atoms with Gasteiger partial charge in [-0.15, -0.1) is 0 Å². The van der Waals surface area contributed by atoms with Gasteiger partial charge in [-0.3, -0.25) is 14.5 Å². The predicted molar refractivity (Wildman–Crippen MR) is 89.8 cm³/mol. The molecule has 0 aliphatic carbocycles. The van der Waals surface area contributed by atoms with Crippen LogP contribution in [0.4, 0.5) is 4.39 Å². The minimum atomic E-state index is -2.94. The summed E-state index contributed by atoms with van der Waals surface area (Å²) in [5, 5.41) is 20.1. The van der Waals surface area contributed by atoms with Crippen molar-refractivity contribution in [2.24, 2.45) is 0 Å². The lowest BCUT2D eigenvalue weighted by Gasteiger charge is -2.26. The van der Waals surface area contributed by atoms with Crippen molar-refractivity contribution in [1.82, 2.24) is 4.90 Å². The highest BCUT2D eigenvalue weighted by Crippen LogP contribution is 2.35. The minimum absolute atomic E-state index is 0.167. The molecule has 1 saturated heterocycles. The molecule has 0 spiro atoms. The van der Waals surface area contributed by atoms with Gasteiger partial charge in [0, 0.05) is 13.1 Å². The number of halogens is 1. The van der Waals surface area contributed by atoms with Gasteiger partial charge in [0.2, 0.25) is 5.91 Å². The third-order valence-electron chi connectivity index (χ3n) is 3.89. The first-order valence-corrected chi connectivity index (χ1v) is 8.08. The van der Waals surface area contributed by atoms with E-state index in [1.807, 2.05) is 0 Å². The van der Waals surface area contributed by atoms with E-state index in [9.17, 15) is 29.0 Å². The Morgan fingerprint density at radius 2 is 1.89 bits per heavy atom. The summed E-state index contributed by atoms with van der Waals surface area (Å²) >= 11 is 0. The van der Waals surface area contributed by atoms with Gasteiger partial charge < -0.3 is 19.7 Å². The number of esters is 1. The second-order valence-corrected chi connectivity index (χ2v) is 6.02. The lowest BCUT2D eigenvalue weighted by molar-refractivity contribution is -0.212. The summed E-state index contributed by atoms with van der Waals surface area (Å²) < 4.78 is 24.8. The molecule has 0 unspecified atom stereocenters. The zero-order valence-electron chi connectivity index (χ0n) is 14.7. The fraction of sp³-hybridized carbons (Fsp3) is 0.389. The Bertz CT molecular complexity index is 738. The Hall–Kier alpha value is -2.62. The first-order chi connectivity index (χ1) is 12.7. The summed E-state index contributed by atoms with van der Waals surface area (Å²) in [6, 6.07) is 7.79. The third kappa shape index (κ3) is 4.76. The molecule has 2 rings (SSSR count). The first kappa shape index (κ1) is 20.7. The van der Waals surface area contributed by atoms with Crippen molar-refractivity contribution in [1.29, 1.82) is 0 Å². The fourth-order valence-corrected chi connectivity index (χ4v) is 2.47. The Kier molecular flexibility index (Phi) is 6.42. The molecular weight excluding hydrogens is 361 g/mol. The molecule has 2 N–H and O–H groups in total. The zero-order chi connectivity index (χ0) is 20.2. The SMILES string of the molecule is CC(=O)/C=C\N(C(C)=O)[C@@H]1O[C@](F)(COC(=O)c2ccccc2)[C@@H](O)[C@H]1O. The number of hydrogen-bond acceptors (Lipinski definition) is 7. The fourth-order valence-electron chi connectivity index (χ4n) is 2.47. The second-order valence-electron chi connectivity index (χ2n) is 6.02. The maximum atomic E-state index is 15.0. The molecule has 1 aliphatic rings. The molecular formula is C18H20FNO7. The summed E-state index contributed by atoms with van der Waals surface area (Å²) in [7, 11) is 0. The van der Waals surface area contributed by atoms with E-state index in [4.69, 9.17) is 9.47 Å². The van der Waals surface area contributed by atoms with Crippen LogP contribution in [-0.4, -0.2) is 63.7 Å². The van der Waals surface area contributed by atoms with E-state index in [1.165, 1.54) is 19.1 Å². The summed E-state index contributed by atoms with van der Waals surface area (Å²) in [5.41, 5.74) is 0.167. The Balaban J connectivity index is 2.12. The number of aliphatic hydroxyl groups is 2. The molecule has 0 bridgehead atoms. The topological polar surface area (TPSA) is 113 Å². The van der Waals surface area contributed by atoms with Crippen LogP contribution in [-0.2, 0) is 19.1 Å². The van der Waals surface area contributed by atoms with E-state index in [1.54, 1.807) is 18.2 Å². The van der Waals surface area contributed by atoms with Crippen LogP contribution < -0.4 is 0 Å². The molecule has 146 valence electrons. The van der Waals surface area contributed by atoms with Gasteiger partial charge in [0.1, 0.15) is 12.2 Å². The highest BCUT2D eigenvalue weighted by Gasteiger charge is 2.58. The van der Waals surface area contributed by atoms with Crippen molar-refractivity contribution >= 4 is 17.7 Å². The molecule has 0 radical (unpaired) electrons. The molecule has 9 heteroatoms. The van der Waals surface area contributed by atoms with Gasteiger partial charge in [-0.1, -0.05) is 18.2 Å². The molecule has 1 heterocycles. The molecule has 1 aliphatic heterocycles. The zero-order valence-corrected chi connectivity index (χ0v) is 14.7. The number of benzene rings is 1. The third-order valence-corrected chi connectivity index (χ3v) is 3.89. The van der Waals surface area contributed by atoms with Crippen molar-refractivity contribution in [3.8, 4) is 0 Å². The minimum Gasteiger partial charge on any atom is -0.456 e. The van der Waals surface area contributed by atoms with E-state index in [2.05, 4.69) is 0 Å². The molecule has 8 nitrogen and oxygen atoms in total. The Morgan fingerprint density at radius 1 is 1.26 bits per heavy atom. The van der Waals surface area contributed by atoms with Crippen molar-refractivity contribution in [3.63, 3.8) is 0 Å². The highest BCUT2D eigenvalue weighted by molar-refractivity contribution is 5.89. The van der Waals surface area contributed by atoms with Crippen molar-refractivity contribution < 1.29 is 38.5 Å². The number of carbonyl (C=O) groups is 3. The van der Waals surface area contributed by atoms with Gasteiger partial charge in [-0.2, -0.15) is 0 Å².